The van der Waals surface area contributed by atoms with Crippen LogP contribution in [0.2, 0.25) is 0 Å². The Morgan fingerprint density at radius 1 is 1.27 bits per heavy atom. The molecule has 2 aromatic rings. The number of pyridine rings is 1. The molecular weight excluding hydrogens is 408 g/mol. The van der Waals surface area contributed by atoms with Crippen LogP contribution in [0.15, 0.2) is 12.3 Å². The fourth-order valence-electron chi connectivity index (χ4n) is 3.84. The molecule has 2 aromatic heterocycles. The summed E-state index contributed by atoms with van der Waals surface area (Å²) in [5, 5.41) is 2.27. The molecule has 1 atom stereocenters. The van der Waals surface area contributed by atoms with Crippen molar-refractivity contribution in [1.82, 2.24) is 20.2 Å². The number of ether oxygens (including phenoxy) is 1. The number of aromatic nitrogens is 2. The molecular formula is C19H20F4N4O3. The third-order valence-corrected chi connectivity index (χ3v) is 5.85. The quantitative estimate of drug-likeness (QED) is 0.733. The molecule has 11 heteroatoms. The van der Waals surface area contributed by atoms with Crippen LogP contribution >= 0.6 is 0 Å². The monoisotopic (exact) mass is 428 g/mol. The van der Waals surface area contributed by atoms with E-state index < -0.39 is 30.0 Å². The average molecular weight is 428 g/mol. The molecule has 1 spiro atoms. The summed E-state index contributed by atoms with van der Waals surface area (Å²) in [5.74, 6) is -3.46. The number of carbonyl (C=O) groups excluding carboxylic acids is 2. The Bertz CT molecular complexity index is 990. The molecule has 1 aliphatic heterocycles. The Morgan fingerprint density at radius 2 is 1.93 bits per heavy atom. The zero-order valence-corrected chi connectivity index (χ0v) is 16.1. The van der Waals surface area contributed by atoms with E-state index in [9.17, 15) is 27.2 Å². The first-order chi connectivity index (χ1) is 14.1. The van der Waals surface area contributed by atoms with E-state index in [4.69, 9.17) is 0 Å². The van der Waals surface area contributed by atoms with E-state index in [1.165, 1.54) is 12.8 Å². The van der Waals surface area contributed by atoms with E-state index in [0.717, 1.165) is 25.1 Å². The molecule has 2 N–H and O–H groups in total. The van der Waals surface area contributed by atoms with Gasteiger partial charge in [-0.1, -0.05) is 0 Å². The second-order valence-corrected chi connectivity index (χ2v) is 7.96. The van der Waals surface area contributed by atoms with Crippen LogP contribution in [0.25, 0.3) is 10.9 Å². The summed E-state index contributed by atoms with van der Waals surface area (Å²) >= 11 is 0. The van der Waals surface area contributed by atoms with E-state index in [2.05, 4.69) is 20.0 Å². The highest BCUT2D eigenvalue weighted by Gasteiger charge is 2.45. The highest BCUT2D eigenvalue weighted by molar-refractivity contribution is 6.00. The van der Waals surface area contributed by atoms with Gasteiger partial charge < -0.3 is 19.9 Å². The standard InChI is InChI=1S/C19H20F4N4O3/c1-10(17(29)27-6-4-18(2-3-18)5-7-27)25-15(28)12-8-11-13(26-12)9-24-16(14(11)20)30-19(21,22)23/h8-10,26H,2-7H2,1H3,(H,25,28)/t10-/m1/s1. The first-order valence-electron chi connectivity index (χ1n) is 9.60. The van der Waals surface area contributed by atoms with Crippen LogP contribution in [0.4, 0.5) is 17.6 Å². The maximum absolute atomic E-state index is 14.3. The van der Waals surface area contributed by atoms with Crippen molar-refractivity contribution in [2.24, 2.45) is 5.41 Å². The lowest BCUT2D eigenvalue weighted by molar-refractivity contribution is -0.277. The molecule has 2 fully saturated rings. The van der Waals surface area contributed by atoms with Gasteiger partial charge in [0.15, 0.2) is 5.82 Å². The highest BCUT2D eigenvalue weighted by atomic mass is 19.4. The lowest BCUT2D eigenvalue weighted by Gasteiger charge is -2.33. The van der Waals surface area contributed by atoms with Gasteiger partial charge >= 0.3 is 6.36 Å². The van der Waals surface area contributed by atoms with Gasteiger partial charge in [-0.05, 0) is 44.1 Å². The van der Waals surface area contributed by atoms with Gasteiger partial charge in [0.2, 0.25) is 5.91 Å². The number of halogens is 4. The van der Waals surface area contributed by atoms with Crippen LogP contribution in [-0.4, -0.2) is 52.2 Å². The van der Waals surface area contributed by atoms with E-state index in [-0.39, 0.29) is 22.5 Å². The number of nitrogens with zero attached hydrogens (tertiary/aromatic N) is 2. The minimum atomic E-state index is -5.10. The van der Waals surface area contributed by atoms with E-state index in [0.29, 0.717) is 18.5 Å². The topological polar surface area (TPSA) is 87.3 Å². The van der Waals surface area contributed by atoms with Gasteiger partial charge in [0.05, 0.1) is 11.7 Å². The highest BCUT2D eigenvalue weighted by Crippen LogP contribution is 2.53. The molecule has 1 saturated carbocycles. The number of nitrogens with one attached hydrogen (secondary N) is 2. The summed E-state index contributed by atoms with van der Waals surface area (Å²) in [6.45, 7) is 2.87. The number of alkyl halides is 3. The van der Waals surface area contributed by atoms with Gasteiger partial charge in [0.25, 0.3) is 11.8 Å². The second-order valence-electron chi connectivity index (χ2n) is 7.96. The molecule has 0 bridgehead atoms. The minimum Gasteiger partial charge on any atom is -0.385 e. The summed E-state index contributed by atoms with van der Waals surface area (Å²) in [4.78, 5) is 32.7. The number of piperidine rings is 1. The van der Waals surface area contributed by atoms with E-state index in [1.54, 1.807) is 11.8 Å². The van der Waals surface area contributed by atoms with Crippen LogP contribution in [0.1, 0.15) is 43.1 Å². The van der Waals surface area contributed by atoms with Crippen molar-refractivity contribution in [3.8, 4) is 5.88 Å². The molecule has 30 heavy (non-hydrogen) atoms. The molecule has 162 valence electrons. The zero-order chi connectivity index (χ0) is 21.7. The number of hydrogen-bond donors (Lipinski definition) is 2. The van der Waals surface area contributed by atoms with E-state index in [1.807, 2.05) is 0 Å². The van der Waals surface area contributed by atoms with Crippen molar-refractivity contribution >= 4 is 22.7 Å². The van der Waals surface area contributed by atoms with Crippen LogP contribution in [-0.2, 0) is 4.79 Å². The van der Waals surface area contributed by atoms with Gasteiger partial charge in [0, 0.05) is 18.5 Å². The lowest BCUT2D eigenvalue weighted by atomic mass is 9.93. The van der Waals surface area contributed by atoms with Crippen molar-refractivity contribution in [1.29, 1.82) is 0 Å². The molecule has 1 aliphatic carbocycles. The van der Waals surface area contributed by atoms with Crippen molar-refractivity contribution < 1.29 is 31.9 Å². The Balaban J connectivity index is 1.43. The Hall–Kier alpha value is -2.85. The molecule has 2 amide bonds. The maximum atomic E-state index is 14.3. The summed E-state index contributed by atoms with van der Waals surface area (Å²) < 4.78 is 54.8. The number of likely N-dealkylation sites (tertiary alicyclic amines) is 1. The van der Waals surface area contributed by atoms with Gasteiger partial charge in [-0.25, -0.2) is 9.37 Å². The van der Waals surface area contributed by atoms with Gasteiger partial charge in [0.1, 0.15) is 11.7 Å². The van der Waals surface area contributed by atoms with Gasteiger partial charge in [-0.3, -0.25) is 9.59 Å². The van der Waals surface area contributed by atoms with Crippen LogP contribution in [0.3, 0.4) is 0 Å². The number of fused-ring (bicyclic) bond motifs is 1. The summed E-state index contributed by atoms with van der Waals surface area (Å²) in [7, 11) is 0. The van der Waals surface area contributed by atoms with Crippen LogP contribution < -0.4 is 10.1 Å². The number of aromatic amines is 1. The summed E-state index contributed by atoms with van der Waals surface area (Å²) in [5.41, 5.74) is 0.336. The third kappa shape index (κ3) is 4.05. The fraction of sp³-hybridized carbons (Fsp3) is 0.526. The number of carbonyl (C=O) groups is 2. The predicted octanol–water partition coefficient (Wildman–Crippen LogP) is 3.12. The molecule has 3 heterocycles. The van der Waals surface area contributed by atoms with Crippen LogP contribution in [0, 0.1) is 11.2 Å². The number of amides is 2. The predicted molar refractivity (Wildman–Crippen MR) is 97.1 cm³/mol. The molecule has 0 aromatic carbocycles. The molecule has 7 nitrogen and oxygen atoms in total. The molecule has 2 aliphatic rings. The largest absolute Gasteiger partial charge is 0.574 e. The van der Waals surface area contributed by atoms with Crippen molar-refractivity contribution in [2.45, 2.75) is 45.0 Å². The van der Waals surface area contributed by atoms with Crippen molar-refractivity contribution in [2.75, 3.05) is 13.1 Å². The van der Waals surface area contributed by atoms with Crippen molar-refractivity contribution in [3.05, 3.63) is 23.8 Å². The SMILES string of the molecule is C[C@@H](NC(=O)c1cc2c(F)c(OC(F)(F)F)ncc2[nH]1)C(=O)N1CCC2(CC1)CC2. The Labute approximate surface area is 168 Å². The molecule has 4 rings (SSSR count). The van der Waals surface area contributed by atoms with Gasteiger partial charge in [-0.2, -0.15) is 0 Å². The third-order valence-electron chi connectivity index (χ3n) is 5.85. The van der Waals surface area contributed by atoms with E-state index >= 15 is 0 Å². The first kappa shape index (κ1) is 20.4. The first-order valence-corrected chi connectivity index (χ1v) is 9.60. The Kier molecular flexibility index (Phi) is 4.86. The maximum Gasteiger partial charge on any atom is 0.574 e. The molecule has 1 saturated heterocycles. The summed E-state index contributed by atoms with van der Waals surface area (Å²) in [6.07, 6.45) is 0.200. The summed E-state index contributed by atoms with van der Waals surface area (Å²) in [6, 6.07) is 0.254. The second kappa shape index (κ2) is 7.13. The van der Waals surface area contributed by atoms with Crippen LogP contribution in [0.5, 0.6) is 5.88 Å². The number of hydrogen-bond acceptors (Lipinski definition) is 4. The fourth-order valence-corrected chi connectivity index (χ4v) is 3.84. The molecule has 0 unspecified atom stereocenters. The molecule has 0 radical (unpaired) electrons. The normalized spacial score (nSPS) is 19.0. The minimum absolute atomic E-state index is 0.0249. The Morgan fingerprint density at radius 3 is 2.53 bits per heavy atom. The number of H-pyrrole nitrogens is 1. The van der Waals surface area contributed by atoms with Crippen molar-refractivity contribution in [3.63, 3.8) is 0 Å². The van der Waals surface area contributed by atoms with Gasteiger partial charge in [-0.15, -0.1) is 13.2 Å². The lowest BCUT2D eigenvalue weighted by Crippen LogP contribution is -2.49. The average Bonchev–Trinajstić information content (AvgIpc) is 3.27. The smallest absolute Gasteiger partial charge is 0.385 e. The zero-order valence-electron chi connectivity index (χ0n) is 16.1. The number of rotatable bonds is 4.